The molecule has 0 heterocycles. The molecule has 0 saturated heterocycles. The van der Waals surface area contributed by atoms with Gasteiger partial charge in [0.1, 0.15) is 0 Å². The summed E-state index contributed by atoms with van der Waals surface area (Å²) in [6.45, 7) is 0. The van der Waals surface area contributed by atoms with Gasteiger partial charge in [0.2, 0.25) is 0 Å². The Morgan fingerprint density at radius 2 is 1.20 bits per heavy atom. The van der Waals surface area contributed by atoms with E-state index in [4.69, 9.17) is 4.70 Å². The second-order valence-electron chi connectivity index (χ2n) is 0. The van der Waals surface area contributed by atoms with Crippen LogP contribution in [0.3, 0.4) is 0 Å². The molecule has 0 aromatic rings. The van der Waals surface area contributed by atoms with E-state index in [1.165, 1.54) is 0 Å². The van der Waals surface area contributed by atoms with E-state index in [0.29, 0.717) is 0 Å². The third kappa shape index (κ3) is 27.9. The van der Waals surface area contributed by atoms with Crippen LogP contribution in [0, 0.1) is 0 Å². The van der Waals surface area contributed by atoms with Gasteiger partial charge in [0, 0.05) is 0 Å². The van der Waals surface area contributed by atoms with Crippen LogP contribution in [0.4, 0.5) is 0 Å². The Bertz CT molecular complexity index is 9.61. The van der Waals surface area contributed by atoms with E-state index in [9.17, 15) is 0 Å². The Morgan fingerprint density at radius 1 is 1.20 bits per heavy atom. The molecule has 0 fully saturated rings. The molecule has 2 N–H and O–H groups in total. The van der Waals surface area contributed by atoms with Crippen molar-refractivity contribution in [3.63, 3.8) is 0 Å². The van der Waals surface area contributed by atoms with Gasteiger partial charge in [-0.3, -0.25) is 0 Å². The van der Waals surface area contributed by atoms with E-state index in [1.54, 1.807) is 0 Å². The average Bonchev–Trinajstić information content (AvgIpc) is 1.00. The Labute approximate surface area is 70.7 Å². The van der Waals surface area contributed by atoms with Crippen molar-refractivity contribution >= 4 is 61.2 Å². The fraction of sp³-hybridized carbons (Fsp3) is 0. The van der Waals surface area contributed by atoms with Gasteiger partial charge >= 0.3 is 65.9 Å². The van der Waals surface area contributed by atoms with Crippen molar-refractivity contribution < 1.29 is 10.2 Å². The zero-order chi connectivity index (χ0) is 2.00. The third-order valence-corrected chi connectivity index (χ3v) is 0. The van der Waals surface area contributed by atoms with Gasteiger partial charge in [0.05, 0.1) is 0 Å². The van der Waals surface area contributed by atoms with Crippen molar-refractivity contribution in [1.29, 1.82) is 0 Å². The summed E-state index contributed by atoms with van der Waals surface area (Å²) in [6, 6.07) is 0. The van der Waals surface area contributed by atoms with Crippen LogP contribution in [0.15, 0.2) is 0 Å². The molecule has 32 valence electrons. The molecule has 0 aliphatic rings. The van der Waals surface area contributed by atoms with E-state index in [1.807, 2.05) is 7.72 Å². The summed E-state index contributed by atoms with van der Waals surface area (Å²) < 4.78 is 8.00. The summed E-state index contributed by atoms with van der Waals surface area (Å²) in [4.78, 5) is 0. The third-order valence-electron chi connectivity index (χ3n) is 0. The first-order chi connectivity index (χ1) is 1.00. The van der Waals surface area contributed by atoms with Crippen LogP contribution in [-0.4, -0.2) is 66.7 Å². The van der Waals surface area contributed by atoms with Gasteiger partial charge in [-0.25, -0.2) is 0 Å². The van der Waals surface area contributed by atoms with Crippen LogP contribution >= 0.6 is 0 Å². The van der Waals surface area contributed by atoms with E-state index >= 15 is 0 Å². The summed E-state index contributed by atoms with van der Waals surface area (Å²) in [7, 11) is 2.00. The first kappa shape index (κ1) is 30.4. The second-order valence-corrected chi connectivity index (χ2v) is 0. The zero-order valence-corrected chi connectivity index (χ0v) is 14.0. The molecule has 0 amide bonds. The topological polar surface area (TPSA) is 48.6 Å². The van der Waals surface area contributed by atoms with Gasteiger partial charge < -0.3 is 5.48 Å². The van der Waals surface area contributed by atoms with E-state index in [-0.39, 0.29) is 59.0 Å². The summed E-state index contributed by atoms with van der Waals surface area (Å²) in [5.41, 5.74) is 0. The predicted molar refractivity (Wildman–Crippen MR) is 29.9 cm³/mol. The Morgan fingerprint density at radius 3 is 1.20 bits per heavy atom. The molecule has 2 radical (unpaired) electrons. The van der Waals surface area contributed by atoms with Crippen LogP contribution in [-0.2, 0) is 4.70 Å². The van der Waals surface area contributed by atoms with Gasteiger partial charge in [-0.1, -0.05) is 0 Å². The maximum atomic E-state index is 8.00. The van der Waals surface area contributed by atoms with Crippen molar-refractivity contribution in [3.05, 3.63) is 0 Å². The molecule has 0 aromatic heterocycles. The predicted octanol–water partition coefficient (Wildman–Crippen LogP) is -3.69. The SMILES string of the molecule is B=O.O.[BiH3].[PbH2]. The summed E-state index contributed by atoms with van der Waals surface area (Å²) in [5.74, 6) is 0. The quantitative estimate of drug-likeness (QED) is 0.339. The van der Waals surface area contributed by atoms with Crippen LogP contribution < -0.4 is 0 Å². The molecule has 0 spiro atoms. The van der Waals surface area contributed by atoms with Crippen molar-refractivity contribution in [2.24, 2.45) is 0 Å². The Kier molecular flexibility index (Phi) is 276. The number of rotatable bonds is 0. The summed E-state index contributed by atoms with van der Waals surface area (Å²) in [5, 5.41) is 0. The van der Waals surface area contributed by atoms with E-state index in [0.717, 1.165) is 0 Å². The van der Waals surface area contributed by atoms with Crippen LogP contribution in [0.2, 0.25) is 0 Å². The fourth-order valence-electron chi connectivity index (χ4n) is 0. The van der Waals surface area contributed by atoms with Crippen LogP contribution in [0.25, 0.3) is 0 Å². The number of hydrogen-bond acceptors (Lipinski definition) is 1. The standard InChI is InChI=1S/BHO.Bi.H2O.Pb.5H/c1-2;;;;;;;;/h1H;;1H2;;;;;;. The minimum absolute atomic E-state index is 0. The van der Waals surface area contributed by atoms with Crippen molar-refractivity contribution in [3.8, 4) is 0 Å². The molecule has 0 atom stereocenters. The van der Waals surface area contributed by atoms with Crippen molar-refractivity contribution in [2.45, 2.75) is 0 Å². The Hall–Kier alpha value is 1.63. The molecule has 0 aliphatic heterocycles. The molecule has 5 heteroatoms. The molecule has 0 unspecified atom stereocenters. The van der Waals surface area contributed by atoms with Gasteiger partial charge in [-0.15, -0.1) is 0 Å². The summed E-state index contributed by atoms with van der Waals surface area (Å²) in [6.07, 6.45) is 0. The molecule has 5 heavy (non-hydrogen) atoms. The maximum absolute atomic E-state index is 8.00. The molecule has 0 saturated carbocycles. The number of hydrogen-bond donors (Lipinski definition) is 0. The summed E-state index contributed by atoms with van der Waals surface area (Å²) >= 11 is 0. The van der Waals surface area contributed by atoms with Gasteiger partial charge in [0.15, 0.2) is 0 Å². The Balaban J connectivity index is -0.00000000167. The normalized spacial score (nSPS) is 0.600. The van der Waals surface area contributed by atoms with Crippen LogP contribution in [0.5, 0.6) is 0 Å². The molecule has 0 bridgehead atoms. The van der Waals surface area contributed by atoms with Crippen molar-refractivity contribution in [2.75, 3.05) is 0 Å². The average molecular weight is 467 g/mol. The van der Waals surface area contributed by atoms with Gasteiger partial charge in [-0.05, 0) is 0 Å². The van der Waals surface area contributed by atoms with E-state index in [2.05, 4.69) is 0 Å². The van der Waals surface area contributed by atoms with Crippen LogP contribution in [0.1, 0.15) is 0 Å². The second kappa shape index (κ2) is 45.4. The van der Waals surface area contributed by atoms with Gasteiger partial charge in [-0.2, -0.15) is 0 Å². The minimum atomic E-state index is 0. The molecule has 0 aromatic carbocycles. The molecule has 0 rings (SSSR count). The molecular weight excluding hydrogens is 459 g/mol. The van der Waals surface area contributed by atoms with E-state index < -0.39 is 0 Å². The van der Waals surface area contributed by atoms with Crippen molar-refractivity contribution in [1.82, 2.24) is 0 Å². The zero-order valence-electron chi connectivity index (χ0n) is 3.03. The van der Waals surface area contributed by atoms with Gasteiger partial charge in [0.25, 0.3) is 0 Å². The molecule has 0 aliphatic carbocycles. The molecular formula is H8BBiO2Pb. The fourth-order valence-corrected chi connectivity index (χ4v) is 0. The first-order valence-corrected chi connectivity index (χ1v) is 0.289. The molecule has 2 nitrogen and oxygen atoms in total. The monoisotopic (exact) mass is 468 g/mol. The first-order valence-electron chi connectivity index (χ1n) is 0.289.